The predicted octanol–water partition coefficient (Wildman–Crippen LogP) is 3.64. The van der Waals surface area contributed by atoms with E-state index < -0.39 is 0 Å². The van der Waals surface area contributed by atoms with Crippen molar-refractivity contribution >= 4 is 5.95 Å². The number of nitrogens with zero attached hydrogens (tertiary/aromatic N) is 2. The molecule has 0 aliphatic carbocycles. The topological polar surface area (TPSA) is 92.6 Å². The summed E-state index contributed by atoms with van der Waals surface area (Å²) in [5.74, 6) is 1.55. The lowest BCUT2D eigenvalue weighted by Crippen LogP contribution is -2.26. The number of hydrogen-bond donors (Lipinski definition) is 1. The molecule has 0 spiro atoms. The van der Waals surface area contributed by atoms with E-state index in [-0.39, 0.29) is 12.2 Å². The summed E-state index contributed by atoms with van der Waals surface area (Å²) in [5, 5.41) is 0. The van der Waals surface area contributed by atoms with Crippen molar-refractivity contribution in [3.63, 3.8) is 0 Å². The van der Waals surface area contributed by atoms with Gasteiger partial charge < -0.3 is 24.4 Å². The Morgan fingerprint density at radius 2 is 1.93 bits per heavy atom. The molecule has 3 heterocycles. The number of nitrogens with two attached hydrogens (primary N) is 1. The van der Waals surface area contributed by atoms with Gasteiger partial charge in [0, 0.05) is 18.1 Å². The molecule has 0 atom stereocenters. The van der Waals surface area contributed by atoms with Gasteiger partial charge >= 0.3 is 0 Å². The van der Waals surface area contributed by atoms with Crippen LogP contribution in [0.5, 0.6) is 5.88 Å². The molecule has 0 radical (unpaired) electrons. The van der Waals surface area contributed by atoms with Gasteiger partial charge in [-0.05, 0) is 43.0 Å². The Kier molecular flexibility index (Phi) is 6.38. The van der Waals surface area contributed by atoms with Gasteiger partial charge in [0.1, 0.15) is 5.76 Å². The van der Waals surface area contributed by atoms with E-state index in [1.807, 2.05) is 30.3 Å². The van der Waals surface area contributed by atoms with Gasteiger partial charge in [0.05, 0.1) is 31.8 Å². The van der Waals surface area contributed by atoms with E-state index in [0.717, 1.165) is 49.5 Å². The molecule has 1 aromatic carbocycles. The molecule has 0 amide bonds. The zero-order chi connectivity index (χ0) is 19.9. The van der Waals surface area contributed by atoms with Gasteiger partial charge in [-0.2, -0.15) is 4.98 Å². The molecular weight excluding hydrogens is 370 g/mol. The Hall–Kier alpha value is -2.90. The van der Waals surface area contributed by atoms with E-state index in [1.54, 1.807) is 6.26 Å². The fraction of sp³-hybridized carbons (Fsp3) is 0.364. The first-order valence-corrected chi connectivity index (χ1v) is 9.88. The summed E-state index contributed by atoms with van der Waals surface area (Å²) in [6, 6.07) is 14.0. The summed E-state index contributed by atoms with van der Waals surface area (Å²) in [7, 11) is 0. The maximum Gasteiger partial charge on any atom is 0.223 e. The summed E-state index contributed by atoms with van der Waals surface area (Å²) < 4.78 is 22.3. The minimum absolute atomic E-state index is 0.205. The lowest BCUT2D eigenvalue weighted by molar-refractivity contribution is -0.183. The molecule has 29 heavy (non-hydrogen) atoms. The number of ether oxygens (including phenoxy) is 3. The Labute approximate surface area is 169 Å². The highest BCUT2D eigenvalue weighted by Gasteiger charge is 2.14. The minimum atomic E-state index is -0.205. The molecule has 1 saturated heterocycles. The molecule has 0 bridgehead atoms. The van der Waals surface area contributed by atoms with Crippen molar-refractivity contribution in [2.75, 3.05) is 25.6 Å². The SMILES string of the molecule is Nc1nc(CCc2cccc(-c3ccco3)c2)cc(OCCC2OCCCO2)n1. The number of furan rings is 1. The lowest BCUT2D eigenvalue weighted by atomic mass is 10.0. The van der Waals surface area contributed by atoms with E-state index in [2.05, 4.69) is 22.1 Å². The van der Waals surface area contributed by atoms with Crippen LogP contribution < -0.4 is 10.5 Å². The maximum absolute atomic E-state index is 5.87. The second kappa shape index (κ2) is 9.54. The van der Waals surface area contributed by atoms with Crippen LogP contribution in [0.3, 0.4) is 0 Å². The van der Waals surface area contributed by atoms with Crippen molar-refractivity contribution in [1.29, 1.82) is 0 Å². The van der Waals surface area contributed by atoms with Gasteiger partial charge in [0.15, 0.2) is 6.29 Å². The van der Waals surface area contributed by atoms with Gasteiger partial charge in [-0.25, -0.2) is 4.98 Å². The van der Waals surface area contributed by atoms with Crippen molar-refractivity contribution in [3.05, 3.63) is 60.0 Å². The Bertz CT molecular complexity index is 908. The normalized spacial score (nSPS) is 14.8. The Morgan fingerprint density at radius 1 is 1.03 bits per heavy atom. The zero-order valence-electron chi connectivity index (χ0n) is 16.3. The molecule has 1 fully saturated rings. The molecule has 152 valence electrons. The van der Waals surface area contributed by atoms with Crippen LogP contribution in [0.2, 0.25) is 0 Å². The van der Waals surface area contributed by atoms with Crippen LogP contribution in [0.25, 0.3) is 11.3 Å². The van der Waals surface area contributed by atoms with Crippen molar-refractivity contribution < 1.29 is 18.6 Å². The molecule has 1 aliphatic heterocycles. The Balaban J connectivity index is 1.33. The standard InChI is InChI=1S/C22H25N3O4/c23-22-24-18(15-20(25-22)27-13-9-21-28-11-3-12-29-21)8-7-16-4-1-5-17(14-16)19-6-2-10-26-19/h1-2,4-6,10,14-15,21H,3,7-9,11-13H2,(H2,23,24,25). The number of rotatable bonds is 8. The summed E-state index contributed by atoms with van der Waals surface area (Å²) >= 11 is 0. The fourth-order valence-corrected chi connectivity index (χ4v) is 3.25. The highest BCUT2D eigenvalue weighted by atomic mass is 16.7. The average Bonchev–Trinajstić information content (AvgIpc) is 3.28. The van der Waals surface area contributed by atoms with Crippen molar-refractivity contribution in [2.45, 2.75) is 32.0 Å². The van der Waals surface area contributed by atoms with E-state index in [4.69, 9.17) is 24.4 Å². The van der Waals surface area contributed by atoms with Gasteiger partial charge in [-0.1, -0.05) is 18.2 Å². The first-order valence-electron chi connectivity index (χ1n) is 9.88. The molecule has 0 unspecified atom stereocenters. The smallest absolute Gasteiger partial charge is 0.223 e. The van der Waals surface area contributed by atoms with Crippen molar-refractivity contribution in [2.24, 2.45) is 0 Å². The highest BCUT2D eigenvalue weighted by Crippen LogP contribution is 2.22. The largest absolute Gasteiger partial charge is 0.477 e. The van der Waals surface area contributed by atoms with E-state index in [0.29, 0.717) is 18.9 Å². The van der Waals surface area contributed by atoms with Crippen LogP contribution >= 0.6 is 0 Å². The van der Waals surface area contributed by atoms with Gasteiger partial charge in [0.25, 0.3) is 0 Å². The number of anilines is 1. The maximum atomic E-state index is 5.87. The van der Waals surface area contributed by atoms with E-state index in [9.17, 15) is 0 Å². The average molecular weight is 395 g/mol. The van der Waals surface area contributed by atoms with Crippen LogP contribution in [0.15, 0.2) is 53.1 Å². The number of nitrogen functional groups attached to an aromatic ring is 1. The second-order valence-electron chi connectivity index (χ2n) is 6.90. The number of aromatic nitrogens is 2. The van der Waals surface area contributed by atoms with Crippen molar-refractivity contribution in [3.8, 4) is 17.2 Å². The molecule has 2 aromatic heterocycles. The molecule has 3 aromatic rings. The van der Waals surface area contributed by atoms with Crippen molar-refractivity contribution in [1.82, 2.24) is 9.97 Å². The summed E-state index contributed by atoms with van der Waals surface area (Å²) in [5.41, 5.74) is 8.98. The molecule has 1 aliphatic rings. The summed E-state index contributed by atoms with van der Waals surface area (Å²) in [4.78, 5) is 8.51. The molecule has 2 N–H and O–H groups in total. The monoisotopic (exact) mass is 395 g/mol. The van der Waals surface area contributed by atoms with Crippen LogP contribution in [0.4, 0.5) is 5.95 Å². The summed E-state index contributed by atoms with van der Waals surface area (Å²) in [6.45, 7) is 1.92. The molecule has 4 rings (SSSR count). The molecule has 7 nitrogen and oxygen atoms in total. The lowest BCUT2D eigenvalue weighted by Gasteiger charge is -2.22. The second-order valence-corrected chi connectivity index (χ2v) is 6.90. The van der Waals surface area contributed by atoms with Gasteiger partial charge in [-0.15, -0.1) is 0 Å². The molecule has 7 heteroatoms. The van der Waals surface area contributed by atoms with Gasteiger partial charge in [-0.3, -0.25) is 0 Å². The van der Waals surface area contributed by atoms with Crippen LogP contribution in [0.1, 0.15) is 24.1 Å². The van der Waals surface area contributed by atoms with E-state index in [1.165, 1.54) is 5.56 Å². The Morgan fingerprint density at radius 3 is 2.76 bits per heavy atom. The molecule has 0 saturated carbocycles. The number of benzene rings is 1. The number of aryl methyl sites for hydroxylation is 2. The number of hydrogen-bond acceptors (Lipinski definition) is 7. The minimum Gasteiger partial charge on any atom is -0.477 e. The molecular formula is C22H25N3O4. The third-order valence-electron chi connectivity index (χ3n) is 4.68. The third kappa shape index (κ3) is 5.56. The predicted molar refractivity (Wildman–Crippen MR) is 108 cm³/mol. The quantitative estimate of drug-likeness (QED) is 0.622. The van der Waals surface area contributed by atoms with E-state index >= 15 is 0 Å². The zero-order valence-corrected chi connectivity index (χ0v) is 16.3. The van der Waals surface area contributed by atoms with Crippen LogP contribution in [-0.4, -0.2) is 36.1 Å². The van der Waals surface area contributed by atoms with Gasteiger partial charge in [0.2, 0.25) is 11.8 Å². The fourth-order valence-electron chi connectivity index (χ4n) is 3.25. The van der Waals surface area contributed by atoms with Crippen LogP contribution in [-0.2, 0) is 22.3 Å². The first kappa shape index (κ1) is 19.4. The summed E-state index contributed by atoms with van der Waals surface area (Å²) in [6.07, 6.45) is 4.63. The highest BCUT2D eigenvalue weighted by molar-refractivity contribution is 5.58. The first-order chi connectivity index (χ1) is 14.3. The third-order valence-corrected chi connectivity index (χ3v) is 4.68. The van der Waals surface area contributed by atoms with Crippen LogP contribution in [0, 0.1) is 0 Å².